The van der Waals surface area contributed by atoms with Crippen LogP contribution < -0.4 is 10.6 Å². The summed E-state index contributed by atoms with van der Waals surface area (Å²) < 4.78 is 0. The molecule has 2 unspecified atom stereocenters. The minimum absolute atomic E-state index is 0. The van der Waals surface area contributed by atoms with Gasteiger partial charge in [0.05, 0.1) is 0 Å². The Bertz CT molecular complexity index is 440. The Kier molecular flexibility index (Phi) is 10.1. The molecule has 4 aliphatic carbocycles. The van der Waals surface area contributed by atoms with E-state index in [4.69, 9.17) is 0 Å². The summed E-state index contributed by atoms with van der Waals surface area (Å²) in [4.78, 5) is 12.4. The summed E-state index contributed by atoms with van der Waals surface area (Å²) in [6, 6.07) is 0.0905. The van der Waals surface area contributed by atoms with E-state index < -0.39 is 0 Å². The van der Waals surface area contributed by atoms with Crippen LogP contribution >= 0.6 is 0 Å². The predicted molar refractivity (Wildman–Crippen MR) is 109 cm³/mol. The van der Waals surface area contributed by atoms with Gasteiger partial charge in [0.1, 0.15) is 0 Å². The molecule has 0 aromatic rings. The molecule has 4 heteroatoms. The first-order chi connectivity index (χ1) is 12.6. The molecular weight excluding hydrogens is 409 g/mol. The van der Waals surface area contributed by atoms with Gasteiger partial charge >= 0.3 is 6.03 Å². The molecule has 4 aliphatic rings. The largest absolute Gasteiger partial charge is 0.343 e. The summed E-state index contributed by atoms with van der Waals surface area (Å²) in [6.45, 7) is 7.17. The van der Waals surface area contributed by atoms with Crippen LogP contribution in [0.5, 0.6) is 0 Å². The fraction of sp³-hybridized carbons (Fsp3) is 0.913. The standard InChI is InChI=1S/C23H41N2O.Y/c1-3-4-5-6-7-8-9-10-11-12-24-22(26)25-23-15-19-13-20(16-23)18(2)21(14-19)17-23;/h18-21H,1,3-17H2,2H3,(H2,24,25,26);/q-1;. The number of urea groups is 1. The fourth-order valence-corrected chi connectivity index (χ4v) is 6.28. The molecule has 4 saturated carbocycles. The Morgan fingerprint density at radius 2 is 1.48 bits per heavy atom. The maximum Gasteiger partial charge on any atom is 0.315 e. The molecule has 0 aromatic carbocycles. The van der Waals surface area contributed by atoms with Gasteiger partial charge in [-0.25, -0.2) is 4.79 Å². The van der Waals surface area contributed by atoms with Gasteiger partial charge in [0.2, 0.25) is 0 Å². The van der Waals surface area contributed by atoms with Gasteiger partial charge < -0.3 is 17.6 Å². The Hall–Kier alpha value is 0.374. The van der Waals surface area contributed by atoms with Crippen molar-refractivity contribution >= 4 is 6.03 Å². The van der Waals surface area contributed by atoms with Gasteiger partial charge in [0.15, 0.2) is 0 Å². The summed E-state index contributed by atoms with van der Waals surface area (Å²) in [5.41, 5.74) is 0.126. The van der Waals surface area contributed by atoms with E-state index in [0.29, 0.717) is 0 Å². The van der Waals surface area contributed by atoms with Crippen LogP contribution in [0, 0.1) is 30.6 Å². The topological polar surface area (TPSA) is 41.1 Å². The molecule has 1 radical (unpaired) electrons. The molecule has 4 bridgehead atoms. The van der Waals surface area contributed by atoms with Crippen LogP contribution in [0.25, 0.3) is 0 Å². The van der Waals surface area contributed by atoms with Gasteiger partial charge in [-0.2, -0.15) is 6.42 Å². The van der Waals surface area contributed by atoms with E-state index in [0.717, 1.165) is 43.1 Å². The second-order valence-corrected chi connectivity index (χ2v) is 9.67. The third-order valence-electron chi connectivity index (χ3n) is 7.59. The number of hydrogen-bond donors (Lipinski definition) is 2. The van der Waals surface area contributed by atoms with Crippen LogP contribution in [-0.4, -0.2) is 18.1 Å². The van der Waals surface area contributed by atoms with Crippen molar-refractivity contribution in [2.75, 3.05) is 6.54 Å². The van der Waals surface area contributed by atoms with Crippen molar-refractivity contribution in [2.45, 2.75) is 102 Å². The normalized spacial score (nSPS) is 33.6. The van der Waals surface area contributed by atoms with Gasteiger partial charge in [-0.15, -0.1) is 0 Å². The van der Waals surface area contributed by atoms with Crippen molar-refractivity contribution in [1.82, 2.24) is 10.6 Å². The van der Waals surface area contributed by atoms with Crippen LogP contribution in [0.15, 0.2) is 0 Å². The molecule has 2 N–H and O–H groups in total. The molecule has 2 amide bonds. The molecule has 0 saturated heterocycles. The van der Waals surface area contributed by atoms with E-state index >= 15 is 0 Å². The van der Waals surface area contributed by atoms with Crippen molar-refractivity contribution in [3.63, 3.8) is 0 Å². The maximum atomic E-state index is 12.4. The number of rotatable bonds is 11. The minimum atomic E-state index is 0. The van der Waals surface area contributed by atoms with E-state index in [2.05, 4.69) is 24.5 Å². The summed E-state index contributed by atoms with van der Waals surface area (Å²) >= 11 is 0. The first kappa shape index (κ1) is 23.7. The van der Waals surface area contributed by atoms with Crippen LogP contribution in [0.1, 0.15) is 96.8 Å². The number of unbranched alkanes of at least 4 members (excludes halogenated alkanes) is 8. The molecule has 0 aromatic heterocycles. The van der Waals surface area contributed by atoms with Gasteiger partial charge in [0.25, 0.3) is 0 Å². The van der Waals surface area contributed by atoms with E-state index in [9.17, 15) is 4.79 Å². The van der Waals surface area contributed by atoms with Crippen LogP contribution in [0.3, 0.4) is 0 Å². The van der Waals surface area contributed by atoms with Crippen molar-refractivity contribution in [2.24, 2.45) is 23.7 Å². The van der Waals surface area contributed by atoms with Crippen molar-refractivity contribution in [3.05, 3.63) is 6.92 Å². The van der Waals surface area contributed by atoms with Gasteiger partial charge in [-0.1, -0.05) is 51.9 Å². The van der Waals surface area contributed by atoms with Gasteiger partial charge in [-0.3, -0.25) is 0 Å². The summed E-state index contributed by atoms with van der Waals surface area (Å²) in [5, 5.41) is 6.55. The minimum Gasteiger partial charge on any atom is -0.343 e. The van der Waals surface area contributed by atoms with E-state index in [-0.39, 0.29) is 44.3 Å². The third-order valence-corrected chi connectivity index (χ3v) is 7.59. The quantitative estimate of drug-likeness (QED) is 0.301. The zero-order valence-corrected chi connectivity index (χ0v) is 20.4. The molecular formula is C23H41N2OY-. The first-order valence-electron chi connectivity index (χ1n) is 11.5. The summed E-state index contributed by atoms with van der Waals surface area (Å²) in [7, 11) is 0. The fourth-order valence-electron chi connectivity index (χ4n) is 6.28. The van der Waals surface area contributed by atoms with E-state index in [1.165, 1.54) is 77.0 Å². The van der Waals surface area contributed by atoms with Crippen LogP contribution in [-0.2, 0) is 32.7 Å². The molecule has 153 valence electrons. The average Bonchev–Trinajstić information content (AvgIpc) is 2.60. The molecule has 0 heterocycles. The second-order valence-electron chi connectivity index (χ2n) is 9.67. The monoisotopic (exact) mass is 450 g/mol. The zero-order valence-electron chi connectivity index (χ0n) is 17.6. The smallest absolute Gasteiger partial charge is 0.315 e. The van der Waals surface area contributed by atoms with Crippen molar-refractivity contribution in [3.8, 4) is 0 Å². The van der Waals surface area contributed by atoms with E-state index in [1.807, 2.05) is 0 Å². The SMILES string of the molecule is [CH2-]CCCCCCCCCCNC(=O)NC12CC3CC(C1)C(C)C(C3)C2.[Y]. The molecule has 3 nitrogen and oxygen atoms in total. The van der Waals surface area contributed by atoms with Gasteiger partial charge in [-0.05, 0) is 62.2 Å². The number of carbonyl (C=O) groups excluding carboxylic acids is 1. The maximum absolute atomic E-state index is 12.4. The molecule has 0 spiro atoms. The Balaban J connectivity index is 0.00000261. The van der Waals surface area contributed by atoms with Crippen LogP contribution in [0.2, 0.25) is 0 Å². The Morgan fingerprint density at radius 3 is 2.07 bits per heavy atom. The number of nitrogens with one attached hydrogen (secondary N) is 2. The summed E-state index contributed by atoms with van der Waals surface area (Å²) in [5.74, 6) is 3.46. The molecule has 4 rings (SSSR count). The number of hydrogen-bond acceptors (Lipinski definition) is 1. The number of amides is 2. The van der Waals surface area contributed by atoms with E-state index in [1.54, 1.807) is 0 Å². The predicted octanol–water partition coefficient (Wildman–Crippen LogP) is 5.84. The third kappa shape index (κ3) is 6.70. The first-order valence-corrected chi connectivity index (χ1v) is 11.5. The van der Waals surface area contributed by atoms with Gasteiger partial charge in [0, 0.05) is 44.8 Å². The van der Waals surface area contributed by atoms with Crippen LogP contribution in [0.4, 0.5) is 4.79 Å². The second kappa shape index (κ2) is 11.5. The zero-order chi connectivity index (χ0) is 18.4. The summed E-state index contributed by atoms with van der Waals surface area (Å²) in [6.07, 6.45) is 17.9. The number of carbonyl (C=O) groups is 1. The Morgan fingerprint density at radius 1 is 0.926 bits per heavy atom. The molecule has 0 aliphatic heterocycles. The Labute approximate surface area is 192 Å². The average molecular weight is 451 g/mol. The van der Waals surface area contributed by atoms with Crippen molar-refractivity contribution < 1.29 is 37.5 Å². The molecule has 4 fully saturated rings. The molecule has 2 atom stereocenters. The van der Waals surface area contributed by atoms with Crippen molar-refractivity contribution in [1.29, 1.82) is 0 Å². The molecule has 27 heavy (non-hydrogen) atoms.